The number of nitrogens with one attached hydrogen (secondary N) is 2. The summed E-state index contributed by atoms with van der Waals surface area (Å²) in [4.78, 5) is 31.4. The van der Waals surface area contributed by atoms with E-state index in [2.05, 4.69) is 27.8 Å². The summed E-state index contributed by atoms with van der Waals surface area (Å²) >= 11 is 0. The van der Waals surface area contributed by atoms with Gasteiger partial charge in [-0.1, -0.05) is 12.2 Å². The summed E-state index contributed by atoms with van der Waals surface area (Å²) in [6.45, 7) is 4.71. The lowest BCUT2D eigenvalue weighted by atomic mass is 9.85. The molecule has 4 atom stereocenters. The number of allylic oxidation sites excluding steroid dienone is 2. The van der Waals surface area contributed by atoms with E-state index in [9.17, 15) is 14.7 Å². The van der Waals surface area contributed by atoms with Crippen LogP contribution in [0.3, 0.4) is 0 Å². The van der Waals surface area contributed by atoms with Crippen LogP contribution in [0.15, 0.2) is 17.1 Å². The minimum absolute atomic E-state index is 0. The van der Waals surface area contributed by atoms with Gasteiger partial charge in [-0.2, -0.15) is 0 Å². The molecule has 0 aromatic heterocycles. The molecule has 2 saturated carbocycles. The molecule has 156 valence electrons. The first-order chi connectivity index (χ1) is 13.1. The van der Waals surface area contributed by atoms with Gasteiger partial charge >= 0.3 is 0 Å². The van der Waals surface area contributed by atoms with Crippen LogP contribution in [0.25, 0.3) is 0 Å². The smallest absolute Gasteiger partial charge is 0.233 e. The maximum absolute atomic E-state index is 12.7. The minimum atomic E-state index is -0.104. The third-order valence-corrected chi connectivity index (χ3v) is 6.62. The molecule has 4 unspecified atom stereocenters. The number of halogens is 1. The van der Waals surface area contributed by atoms with E-state index in [1.54, 1.807) is 0 Å². The number of aliphatic hydroxyl groups is 1. The molecule has 1 heterocycles. The van der Waals surface area contributed by atoms with Crippen molar-refractivity contribution in [2.24, 2.45) is 34.1 Å². The molecule has 0 aromatic carbocycles. The highest BCUT2D eigenvalue weighted by Gasteiger charge is 2.58. The van der Waals surface area contributed by atoms with Gasteiger partial charge in [0.05, 0.1) is 25.0 Å². The molecule has 4 aliphatic rings. The zero-order valence-electron chi connectivity index (χ0n) is 16.4. The molecule has 7 nitrogen and oxygen atoms in total. The molecular weight excluding hydrogens is 471 g/mol. The molecule has 2 amide bonds. The van der Waals surface area contributed by atoms with Gasteiger partial charge in [0.1, 0.15) is 0 Å². The fourth-order valence-electron chi connectivity index (χ4n) is 4.76. The summed E-state index contributed by atoms with van der Waals surface area (Å²) in [6.07, 6.45) is 7.99. The fourth-order valence-corrected chi connectivity index (χ4v) is 4.76. The monoisotopic (exact) mass is 502 g/mol. The molecule has 0 aromatic rings. The standard InChI is InChI=1S/C20H30N4O3.HI/c1-2-21-19(23-11-20(12-25)6-7-20)22-8-3-9-24-17(26)15-13-4-5-14(10-13)16(15)18(24)27;/h4-5,13-16,25H,2-3,6-12H2,1H3,(H2,21,22,23);1H. The van der Waals surface area contributed by atoms with Crippen LogP contribution in [-0.2, 0) is 9.59 Å². The molecule has 1 aliphatic heterocycles. The molecule has 8 heteroatoms. The molecule has 0 spiro atoms. The van der Waals surface area contributed by atoms with Gasteiger partial charge < -0.3 is 15.7 Å². The summed E-state index contributed by atoms with van der Waals surface area (Å²) in [5.41, 5.74) is -0.0120. The number of aliphatic imine (C=N–C) groups is 1. The van der Waals surface area contributed by atoms with Gasteiger partial charge in [-0.3, -0.25) is 19.5 Å². The Morgan fingerprint density at radius 2 is 1.86 bits per heavy atom. The van der Waals surface area contributed by atoms with Crippen molar-refractivity contribution in [3.05, 3.63) is 12.2 Å². The van der Waals surface area contributed by atoms with Crippen molar-refractivity contribution in [1.29, 1.82) is 0 Å². The number of guanidine groups is 1. The Morgan fingerprint density at radius 3 is 2.39 bits per heavy atom. The minimum Gasteiger partial charge on any atom is -0.396 e. The lowest BCUT2D eigenvalue weighted by molar-refractivity contribution is -0.140. The Kier molecular flexibility index (Phi) is 6.69. The van der Waals surface area contributed by atoms with E-state index >= 15 is 0 Å². The van der Waals surface area contributed by atoms with Crippen molar-refractivity contribution in [3.63, 3.8) is 0 Å². The van der Waals surface area contributed by atoms with E-state index in [1.165, 1.54) is 4.90 Å². The zero-order chi connectivity index (χ0) is 19.0. The normalized spacial score (nSPS) is 31.8. The second kappa shape index (κ2) is 8.69. The molecule has 1 saturated heterocycles. The second-order valence-electron chi connectivity index (χ2n) is 8.46. The number of hydrogen-bond donors (Lipinski definition) is 3. The lowest BCUT2D eigenvalue weighted by Gasteiger charge is -2.18. The molecule has 28 heavy (non-hydrogen) atoms. The highest BCUT2D eigenvalue weighted by molar-refractivity contribution is 14.0. The van der Waals surface area contributed by atoms with Gasteiger partial charge in [-0.25, -0.2) is 0 Å². The Hall–Kier alpha value is -1.16. The van der Waals surface area contributed by atoms with Crippen molar-refractivity contribution >= 4 is 41.8 Å². The quantitative estimate of drug-likeness (QED) is 0.116. The van der Waals surface area contributed by atoms with E-state index in [4.69, 9.17) is 0 Å². The van der Waals surface area contributed by atoms with E-state index in [-0.39, 0.29) is 71.5 Å². The molecule has 4 rings (SSSR count). The van der Waals surface area contributed by atoms with Gasteiger partial charge in [0.15, 0.2) is 5.96 Å². The number of hydrogen-bond acceptors (Lipinski definition) is 4. The Bertz CT molecular complexity index is 646. The molecule has 3 aliphatic carbocycles. The number of amides is 2. The average Bonchev–Trinajstić information content (AvgIpc) is 3.03. The average molecular weight is 502 g/mol. The van der Waals surface area contributed by atoms with Crippen LogP contribution >= 0.6 is 24.0 Å². The maximum Gasteiger partial charge on any atom is 0.233 e. The van der Waals surface area contributed by atoms with Crippen molar-refractivity contribution in [2.45, 2.75) is 32.6 Å². The topological polar surface area (TPSA) is 94.0 Å². The summed E-state index contributed by atoms with van der Waals surface area (Å²) in [5, 5.41) is 15.9. The molecule has 2 bridgehead atoms. The van der Waals surface area contributed by atoms with E-state index < -0.39 is 0 Å². The first-order valence-corrected chi connectivity index (χ1v) is 10.3. The van der Waals surface area contributed by atoms with Gasteiger partial charge in [0.2, 0.25) is 11.8 Å². The third-order valence-electron chi connectivity index (χ3n) is 6.62. The predicted molar refractivity (Wildman–Crippen MR) is 117 cm³/mol. The number of carbonyl (C=O) groups excluding carboxylic acids is 2. The van der Waals surface area contributed by atoms with E-state index in [1.807, 2.05) is 6.92 Å². The molecule has 0 radical (unpaired) electrons. The summed E-state index contributed by atoms with van der Waals surface area (Å²) in [6, 6.07) is 0. The van der Waals surface area contributed by atoms with Crippen LogP contribution in [0.5, 0.6) is 0 Å². The Morgan fingerprint density at radius 1 is 1.21 bits per heavy atom. The lowest BCUT2D eigenvalue weighted by Crippen LogP contribution is -2.40. The van der Waals surface area contributed by atoms with Crippen LogP contribution in [0.1, 0.15) is 32.6 Å². The van der Waals surface area contributed by atoms with Gasteiger partial charge in [0.25, 0.3) is 0 Å². The summed E-state index contributed by atoms with van der Waals surface area (Å²) < 4.78 is 0. The van der Waals surface area contributed by atoms with Gasteiger partial charge in [-0.15, -0.1) is 24.0 Å². The molecule has 3 N–H and O–H groups in total. The van der Waals surface area contributed by atoms with E-state index in [0.717, 1.165) is 31.8 Å². The zero-order valence-corrected chi connectivity index (χ0v) is 18.7. The summed E-state index contributed by atoms with van der Waals surface area (Å²) in [5.74, 6) is 1.12. The Labute approximate surface area is 183 Å². The third kappa shape index (κ3) is 3.94. The predicted octanol–water partition coefficient (Wildman–Crippen LogP) is 1.13. The van der Waals surface area contributed by atoms with Crippen molar-refractivity contribution in [1.82, 2.24) is 15.5 Å². The van der Waals surface area contributed by atoms with Crippen molar-refractivity contribution in [3.8, 4) is 0 Å². The number of rotatable bonds is 8. The maximum atomic E-state index is 12.7. The highest BCUT2D eigenvalue weighted by Crippen LogP contribution is 2.52. The Balaban J connectivity index is 0.00000225. The number of nitrogens with zero attached hydrogens (tertiary/aromatic N) is 2. The van der Waals surface area contributed by atoms with Crippen molar-refractivity contribution in [2.75, 3.05) is 32.8 Å². The SMILES string of the molecule is CCNC(=NCC1(CO)CC1)NCCCN1C(=O)C2C3C=CC(C3)C2C1=O.I. The molecule has 3 fully saturated rings. The van der Waals surface area contributed by atoms with Crippen LogP contribution in [0.2, 0.25) is 0 Å². The van der Waals surface area contributed by atoms with Crippen LogP contribution in [0.4, 0.5) is 0 Å². The largest absolute Gasteiger partial charge is 0.396 e. The number of imide groups is 1. The second-order valence-corrected chi connectivity index (χ2v) is 8.46. The van der Waals surface area contributed by atoms with Crippen LogP contribution < -0.4 is 10.6 Å². The van der Waals surface area contributed by atoms with Gasteiger partial charge in [0, 0.05) is 25.0 Å². The van der Waals surface area contributed by atoms with Gasteiger partial charge in [-0.05, 0) is 44.4 Å². The van der Waals surface area contributed by atoms with Crippen LogP contribution in [0, 0.1) is 29.1 Å². The number of carbonyl (C=O) groups is 2. The van der Waals surface area contributed by atoms with Crippen LogP contribution in [-0.4, -0.2) is 60.6 Å². The highest BCUT2D eigenvalue weighted by atomic mass is 127. The number of aliphatic hydroxyl groups excluding tert-OH is 1. The number of fused-ring (bicyclic) bond motifs is 5. The molecular formula is C20H31IN4O3. The number of likely N-dealkylation sites (tertiary alicyclic amines) is 1. The fraction of sp³-hybridized carbons (Fsp3) is 0.750. The van der Waals surface area contributed by atoms with Crippen molar-refractivity contribution < 1.29 is 14.7 Å². The van der Waals surface area contributed by atoms with E-state index in [0.29, 0.717) is 26.1 Å². The summed E-state index contributed by atoms with van der Waals surface area (Å²) in [7, 11) is 0. The first-order valence-electron chi connectivity index (χ1n) is 10.3. The first kappa shape index (κ1) is 21.5.